The fraction of sp³-hybridized carbons (Fsp3) is 0.235. The van der Waals surface area contributed by atoms with Crippen LogP contribution >= 0.6 is 11.8 Å². The lowest BCUT2D eigenvalue weighted by atomic mass is 10.1. The second-order valence-electron chi connectivity index (χ2n) is 5.45. The number of hydrogen-bond donors (Lipinski definition) is 0. The summed E-state index contributed by atoms with van der Waals surface area (Å²) in [5.74, 6) is 0.717. The first-order valence-corrected chi connectivity index (χ1v) is 8.53. The lowest BCUT2D eigenvalue weighted by molar-refractivity contribution is -0.137. The smallest absolute Gasteiger partial charge is 0.416 e. The van der Waals surface area contributed by atoms with E-state index < -0.39 is 11.7 Å². The van der Waals surface area contributed by atoms with Gasteiger partial charge in [0.25, 0.3) is 0 Å². The lowest BCUT2D eigenvalue weighted by Crippen LogP contribution is -2.05. The Kier molecular flexibility index (Phi) is 5.17. The highest BCUT2D eigenvalue weighted by Gasteiger charge is 2.30. The van der Waals surface area contributed by atoms with E-state index in [0.29, 0.717) is 10.9 Å². The number of ether oxygens (including phenoxy) is 1. The number of halogens is 3. The molecule has 5 nitrogen and oxygen atoms in total. The highest BCUT2D eigenvalue weighted by atomic mass is 32.2. The summed E-state index contributed by atoms with van der Waals surface area (Å²) in [7, 11) is 1.58. The van der Waals surface area contributed by atoms with Crippen LogP contribution in [0.2, 0.25) is 0 Å². The summed E-state index contributed by atoms with van der Waals surface area (Å²) < 4.78 is 44.7. The SMILES string of the molecule is COc1ccc(-n2nnnc2SC(C)c2ccc(C(F)(F)F)cc2)cc1. The van der Waals surface area contributed by atoms with Crippen molar-refractivity contribution in [1.82, 2.24) is 20.2 Å². The van der Waals surface area contributed by atoms with Gasteiger partial charge in [-0.05, 0) is 59.3 Å². The van der Waals surface area contributed by atoms with Crippen molar-refractivity contribution < 1.29 is 17.9 Å². The summed E-state index contributed by atoms with van der Waals surface area (Å²) in [5, 5.41) is 12.1. The van der Waals surface area contributed by atoms with Gasteiger partial charge in [0, 0.05) is 5.25 Å². The molecule has 0 spiro atoms. The third kappa shape index (κ3) is 3.98. The van der Waals surface area contributed by atoms with Crippen LogP contribution in [0.4, 0.5) is 13.2 Å². The average molecular weight is 380 g/mol. The Morgan fingerprint density at radius 2 is 1.69 bits per heavy atom. The maximum Gasteiger partial charge on any atom is 0.416 e. The standard InChI is InChI=1S/C17H15F3N4OS/c1-11(12-3-5-13(6-4-12)17(18,19)20)26-16-21-22-23-24(16)14-7-9-15(25-2)10-8-14/h3-11H,1-2H3. The second-order valence-corrected chi connectivity index (χ2v) is 6.76. The van der Waals surface area contributed by atoms with E-state index in [0.717, 1.165) is 23.4 Å². The third-order valence-corrected chi connectivity index (χ3v) is 4.84. The molecule has 0 aliphatic rings. The van der Waals surface area contributed by atoms with Crippen molar-refractivity contribution in [2.75, 3.05) is 7.11 Å². The monoisotopic (exact) mass is 380 g/mol. The van der Waals surface area contributed by atoms with Crippen molar-refractivity contribution in [1.29, 1.82) is 0 Å². The number of methoxy groups -OCH3 is 1. The fourth-order valence-electron chi connectivity index (χ4n) is 2.31. The van der Waals surface area contributed by atoms with Gasteiger partial charge >= 0.3 is 6.18 Å². The van der Waals surface area contributed by atoms with Crippen molar-refractivity contribution >= 4 is 11.8 Å². The topological polar surface area (TPSA) is 52.8 Å². The second kappa shape index (κ2) is 7.36. The van der Waals surface area contributed by atoms with Gasteiger partial charge in [0.15, 0.2) is 0 Å². The molecular formula is C17H15F3N4OS. The molecule has 3 rings (SSSR count). The molecule has 0 amide bonds. The summed E-state index contributed by atoms with van der Waals surface area (Å²) in [6.07, 6.45) is -4.34. The third-order valence-electron chi connectivity index (χ3n) is 3.75. The maximum atomic E-state index is 12.7. The Hall–Kier alpha value is -2.55. The normalized spacial score (nSPS) is 12.8. The van der Waals surface area contributed by atoms with E-state index in [1.165, 1.54) is 23.9 Å². The lowest BCUT2D eigenvalue weighted by Gasteiger charge is -2.13. The molecule has 0 radical (unpaired) electrons. The molecule has 1 heterocycles. The van der Waals surface area contributed by atoms with E-state index >= 15 is 0 Å². The molecular weight excluding hydrogens is 365 g/mol. The summed E-state index contributed by atoms with van der Waals surface area (Å²) in [6.45, 7) is 1.89. The Morgan fingerprint density at radius 1 is 1.04 bits per heavy atom. The first-order valence-electron chi connectivity index (χ1n) is 7.65. The summed E-state index contributed by atoms with van der Waals surface area (Å²) in [4.78, 5) is 0. The predicted octanol–water partition coefficient (Wildman–Crippen LogP) is 4.54. The molecule has 26 heavy (non-hydrogen) atoms. The van der Waals surface area contributed by atoms with Gasteiger partial charge in [0.1, 0.15) is 5.75 Å². The number of thioether (sulfide) groups is 1. The number of rotatable bonds is 5. The van der Waals surface area contributed by atoms with Crippen molar-refractivity contribution in [3.8, 4) is 11.4 Å². The van der Waals surface area contributed by atoms with Gasteiger partial charge in [-0.25, -0.2) is 0 Å². The van der Waals surface area contributed by atoms with Gasteiger partial charge in [0.2, 0.25) is 5.16 Å². The molecule has 0 N–H and O–H groups in total. The van der Waals surface area contributed by atoms with Gasteiger partial charge in [0.05, 0.1) is 18.4 Å². The van der Waals surface area contributed by atoms with Crippen LogP contribution in [0, 0.1) is 0 Å². The Morgan fingerprint density at radius 3 is 2.27 bits per heavy atom. The van der Waals surface area contributed by atoms with E-state index in [4.69, 9.17) is 4.74 Å². The molecule has 2 aromatic carbocycles. The molecule has 0 saturated heterocycles. The molecule has 9 heteroatoms. The number of benzene rings is 2. The van der Waals surface area contributed by atoms with Crippen LogP contribution in [-0.4, -0.2) is 27.3 Å². The van der Waals surface area contributed by atoms with Gasteiger partial charge in [-0.2, -0.15) is 17.9 Å². The number of alkyl halides is 3. The first kappa shape index (κ1) is 18.2. The Labute approximate surface area is 152 Å². The van der Waals surface area contributed by atoms with Crippen LogP contribution in [0.3, 0.4) is 0 Å². The van der Waals surface area contributed by atoms with E-state index in [-0.39, 0.29) is 5.25 Å². The van der Waals surface area contributed by atoms with Crippen LogP contribution in [0.15, 0.2) is 53.7 Å². The zero-order valence-corrected chi connectivity index (χ0v) is 14.8. The minimum Gasteiger partial charge on any atom is -0.497 e. The van der Waals surface area contributed by atoms with Crippen LogP contribution in [0.5, 0.6) is 5.75 Å². The zero-order chi connectivity index (χ0) is 18.7. The molecule has 0 aliphatic heterocycles. The predicted molar refractivity (Wildman–Crippen MR) is 91.4 cm³/mol. The van der Waals surface area contributed by atoms with Crippen LogP contribution in [0.25, 0.3) is 5.69 Å². The molecule has 3 aromatic rings. The number of hydrogen-bond acceptors (Lipinski definition) is 5. The molecule has 0 saturated carbocycles. The van der Waals surface area contributed by atoms with Gasteiger partial charge in [-0.1, -0.05) is 23.9 Å². The van der Waals surface area contributed by atoms with E-state index in [9.17, 15) is 13.2 Å². The average Bonchev–Trinajstić information content (AvgIpc) is 3.09. The largest absolute Gasteiger partial charge is 0.497 e. The van der Waals surface area contributed by atoms with E-state index in [1.807, 2.05) is 19.1 Å². The van der Waals surface area contributed by atoms with Crippen LogP contribution < -0.4 is 4.74 Å². The molecule has 1 aromatic heterocycles. The van der Waals surface area contributed by atoms with Crippen molar-refractivity contribution in [2.24, 2.45) is 0 Å². The number of tetrazole rings is 1. The molecule has 0 bridgehead atoms. The van der Waals surface area contributed by atoms with Crippen LogP contribution in [-0.2, 0) is 6.18 Å². The Bertz CT molecular complexity index is 863. The minimum absolute atomic E-state index is 0.125. The number of aromatic nitrogens is 4. The highest BCUT2D eigenvalue weighted by Crippen LogP contribution is 2.36. The molecule has 1 atom stereocenters. The molecule has 1 unspecified atom stereocenters. The Balaban J connectivity index is 1.78. The van der Waals surface area contributed by atoms with E-state index in [2.05, 4.69) is 15.5 Å². The minimum atomic E-state index is -4.34. The molecule has 0 aliphatic carbocycles. The summed E-state index contributed by atoms with van der Waals surface area (Å²) in [6, 6.07) is 12.3. The highest BCUT2D eigenvalue weighted by molar-refractivity contribution is 7.99. The fourth-order valence-corrected chi connectivity index (χ4v) is 3.24. The zero-order valence-electron chi connectivity index (χ0n) is 13.9. The van der Waals surface area contributed by atoms with E-state index in [1.54, 1.807) is 23.9 Å². The van der Waals surface area contributed by atoms with Gasteiger partial charge in [-0.15, -0.1) is 5.10 Å². The van der Waals surface area contributed by atoms with Gasteiger partial charge in [-0.3, -0.25) is 0 Å². The van der Waals surface area contributed by atoms with Crippen molar-refractivity contribution in [3.05, 3.63) is 59.7 Å². The maximum absolute atomic E-state index is 12.7. The first-order chi connectivity index (χ1) is 12.4. The van der Waals surface area contributed by atoms with Crippen LogP contribution in [0.1, 0.15) is 23.3 Å². The molecule has 0 fully saturated rings. The number of nitrogens with zero attached hydrogens (tertiary/aromatic N) is 4. The summed E-state index contributed by atoms with van der Waals surface area (Å²) >= 11 is 1.36. The molecule has 136 valence electrons. The van der Waals surface area contributed by atoms with Gasteiger partial charge < -0.3 is 4.74 Å². The summed E-state index contributed by atoms with van der Waals surface area (Å²) in [5.41, 5.74) is 0.853. The van der Waals surface area contributed by atoms with Crippen molar-refractivity contribution in [2.45, 2.75) is 23.5 Å². The quantitative estimate of drug-likeness (QED) is 0.608. The van der Waals surface area contributed by atoms with Crippen molar-refractivity contribution in [3.63, 3.8) is 0 Å².